The summed E-state index contributed by atoms with van der Waals surface area (Å²) in [6.45, 7) is 2.00. The maximum atomic E-state index is 12.2. The number of hydrogen-bond donors (Lipinski definition) is 1. The Hall–Kier alpha value is -2.83. The SMILES string of the molecule is C[C@H](Oc1ccc(N(C)S(C)(=O)=O)cc1)C(=O)NCCOc1ccc(S(=O)(=O)N(C)C)cc1. The van der Waals surface area contributed by atoms with Crippen LogP contribution in [0.4, 0.5) is 5.69 Å². The average molecular weight is 500 g/mol. The number of sulfonamides is 2. The minimum absolute atomic E-state index is 0.162. The van der Waals surface area contributed by atoms with Crippen LogP contribution in [0.5, 0.6) is 11.5 Å². The number of rotatable bonds is 11. The highest BCUT2D eigenvalue weighted by Gasteiger charge is 2.17. The maximum Gasteiger partial charge on any atom is 0.260 e. The van der Waals surface area contributed by atoms with E-state index in [4.69, 9.17) is 9.47 Å². The van der Waals surface area contributed by atoms with E-state index >= 15 is 0 Å². The number of nitrogens with zero attached hydrogens (tertiary/aromatic N) is 2. The molecule has 0 saturated heterocycles. The molecule has 10 nitrogen and oxygen atoms in total. The minimum atomic E-state index is -3.50. The highest BCUT2D eigenvalue weighted by atomic mass is 32.2. The summed E-state index contributed by atoms with van der Waals surface area (Å²) < 4.78 is 60.7. The molecule has 1 atom stereocenters. The van der Waals surface area contributed by atoms with Crippen LogP contribution in [-0.4, -0.2) is 73.7 Å². The third-order valence-corrected chi connectivity index (χ3v) is 7.69. The van der Waals surface area contributed by atoms with Crippen molar-refractivity contribution in [2.75, 3.05) is 44.9 Å². The van der Waals surface area contributed by atoms with E-state index in [2.05, 4.69) is 5.32 Å². The second-order valence-corrected chi connectivity index (χ2v) is 11.5. The number of ether oxygens (including phenoxy) is 2. The van der Waals surface area contributed by atoms with Crippen molar-refractivity contribution in [3.8, 4) is 11.5 Å². The highest BCUT2D eigenvalue weighted by molar-refractivity contribution is 7.92. The van der Waals surface area contributed by atoms with Crippen molar-refractivity contribution in [2.45, 2.75) is 17.9 Å². The summed E-state index contributed by atoms with van der Waals surface area (Å²) in [7, 11) is -2.50. The van der Waals surface area contributed by atoms with Gasteiger partial charge in [-0.15, -0.1) is 0 Å². The van der Waals surface area contributed by atoms with Gasteiger partial charge in [0.25, 0.3) is 5.91 Å². The number of anilines is 1. The van der Waals surface area contributed by atoms with E-state index in [1.54, 1.807) is 43.3 Å². The predicted molar refractivity (Wildman–Crippen MR) is 126 cm³/mol. The minimum Gasteiger partial charge on any atom is -0.492 e. The molecular formula is C21H29N3O7S2. The zero-order valence-corrected chi connectivity index (χ0v) is 20.8. The molecule has 2 aromatic rings. The highest BCUT2D eigenvalue weighted by Crippen LogP contribution is 2.21. The van der Waals surface area contributed by atoms with E-state index in [1.165, 1.54) is 33.3 Å². The Morgan fingerprint density at radius 2 is 1.48 bits per heavy atom. The fraction of sp³-hybridized carbons (Fsp3) is 0.381. The number of amides is 1. The maximum absolute atomic E-state index is 12.2. The molecule has 0 spiro atoms. The van der Waals surface area contributed by atoms with E-state index in [1.807, 2.05) is 0 Å². The summed E-state index contributed by atoms with van der Waals surface area (Å²) >= 11 is 0. The van der Waals surface area contributed by atoms with Crippen molar-refractivity contribution in [1.82, 2.24) is 9.62 Å². The van der Waals surface area contributed by atoms with Crippen molar-refractivity contribution in [1.29, 1.82) is 0 Å². The van der Waals surface area contributed by atoms with Crippen LogP contribution >= 0.6 is 0 Å². The lowest BCUT2D eigenvalue weighted by atomic mass is 10.3. The van der Waals surface area contributed by atoms with Gasteiger partial charge in [-0.1, -0.05) is 0 Å². The van der Waals surface area contributed by atoms with Crippen LogP contribution in [0.1, 0.15) is 6.92 Å². The molecule has 1 amide bonds. The molecule has 0 heterocycles. The Morgan fingerprint density at radius 3 is 2.00 bits per heavy atom. The van der Waals surface area contributed by atoms with Gasteiger partial charge in [-0.25, -0.2) is 21.1 Å². The van der Waals surface area contributed by atoms with Crippen LogP contribution < -0.4 is 19.1 Å². The van der Waals surface area contributed by atoms with Crippen LogP contribution in [0.25, 0.3) is 0 Å². The van der Waals surface area contributed by atoms with Crippen LogP contribution in [0, 0.1) is 0 Å². The van der Waals surface area contributed by atoms with Gasteiger partial charge in [0.05, 0.1) is 23.4 Å². The van der Waals surface area contributed by atoms with E-state index in [0.717, 1.165) is 14.9 Å². The summed E-state index contributed by atoms with van der Waals surface area (Å²) in [6, 6.07) is 12.4. The third-order valence-electron chi connectivity index (χ3n) is 4.65. The Labute approximate surface area is 195 Å². The van der Waals surface area contributed by atoms with Crippen molar-refractivity contribution in [3.05, 3.63) is 48.5 Å². The van der Waals surface area contributed by atoms with Gasteiger partial charge in [-0.2, -0.15) is 0 Å². The zero-order chi connectivity index (χ0) is 24.8. The topological polar surface area (TPSA) is 122 Å². The van der Waals surface area contributed by atoms with Gasteiger partial charge in [-0.05, 0) is 55.5 Å². The Balaban J connectivity index is 1.79. The second kappa shape index (κ2) is 10.9. The fourth-order valence-corrected chi connectivity index (χ4v) is 4.00. The van der Waals surface area contributed by atoms with E-state index in [0.29, 0.717) is 17.2 Å². The Kier molecular flexibility index (Phi) is 8.69. The molecule has 2 rings (SSSR count). The molecule has 1 N–H and O–H groups in total. The lowest BCUT2D eigenvalue weighted by Gasteiger charge is -2.18. The first-order chi connectivity index (χ1) is 15.3. The van der Waals surface area contributed by atoms with Crippen LogP contribution in [-0.2, 0) is 24.8 Å². The second-order valence-electron chi connectivity index (χ2n) is 7.38. The van der Waals surface area contributed by atoms with E-state index < -0.39 is 26.2 Å². The number of hydrogen-bond acceptors (Lipinski definition) is 7. The fourth-order valence-electron chi connectivity index (χ4n) is 2.59. The summed E-state index contributed by atoms with van der Waals surface area (Å²) in [6.07, 6.45) is 0.331. The van der Waals surface area contributed by atoms with Crippen LogP contribution in [0.3, 0.4) is 0 Å². The van der Waals surface area contributed by atoms with Crippen molar-refractivity contribution in [2.24, 2.45) is 0 Å². The van der Waals surface area contributed by atoms with E-state index in [-0.39, 0.29) is 24.0 Å². The molecule has 0 aliphatic rings. The van der Waals surface area contributed by atoms with Gasteiger partial charge in [0.15, 0.2) is 6.10 Å². The Bertz CT molecular complexity index is 1150. The molecule has 0 aromatic heterocycles. The lowest BCUT2D eigenvalue weighted by molar-refractivity contribution is -0.127. The van der Waals surface area contributed by atoms with Gasteiger partial charge >= 0.3 is 0 Å². The van der Waals surface area contributed by atoms with Crippen molar-refractivity contribution < 1.29 is 31.1 Å². The zero-order valence-electron chi connectivity index (χ0n) is 19.2. The molecule has 0 bridgehead atoms. The van der Waals surface area contributed by atoms with Gasteiger partial charge in [0.1, 0.15) is 18.1 Å². The van der Waals surface area contributed by atoms with Crippen LogP contribution in [0.2, 0.25) is 0 Å². The summed E-state index contributed by atoms with van der Waals surface area (Å²) in [4.78, 5) is 12.4. The molecule has 0 saturated carbocycles. The third kappa shape index (κ3) is 7.34. The molecule has 0 fully saturated rings. The standard InChI is InChI=1S/C21H29N3O7S2/c1-16(31-19-8-6-17(7-9-19)24(4)32(5,26)27)21(25)22-14-15-30-18-10-12-20(13-11-18)33(28,29)23(2)3/h6-13,16H,14-15H2,1-5H3,(H,22,25)/t16-/m0/s1. The summed E-state index contributed by atoms with van der Waals surface area (Å²) in [5.74, 6) is 0.557. The molecule has 12 heteroatoms. The number of carbonyl (C=O) groups excluding carboxylic acids is 1. The van der Waals surface area contributed by atoms with Crippen molar-refractivity contribution in [3.63, 3.8) is 0 Å². The predicted octanol–water partition coefficient (Wildman–Crippen LogP) is 1.30. The molecule has 2 aromatic carbocycles. The van der Waals surface area contributed by atoms with Gasteiger partial charge in [0, 0.05) is 21.1 Å². The van der Waals surface area contributed by atoms with Crippen LogP contribution in [0.15, 0.2) is 53.4 Å². The lowest BCUT2D eigenvalue weighted by Crippen LogP contribution is -2.38. The first-order valence-electron chi connectivity index (χ1n) is 9.96. The molecule has 0 unspecified atom stereocenters. The number of carbonyl (C=O) groups is 1. The van der Waals surface area contributed by atoms with Crippen molar-refractivity contribution >= 4 is 31.6 Å². The number of nitrogens with one attached hydrogen (secondary N) is 1. The average Bonchev–Trinajstić information content (AvgIpc) is 2.76. The van der Waals surface area contributed by atoms with Gasteiger partial charge in [0.2, 0.25) is 20.0 Å². The summed E-state index contributed by atoms with van der Waals surface area (Å²) in [5.41, 5.74) is 0.478. The molecule has 0 aliphatic heterocycles. The molecule has 0 radical (unpaired) electrons. The monoisotopic (exact) mass is 499 g/mol. The number of benzene rings is 2. The first kappa shape index (κ1) is 26.4. The van der Waals surface area contributed by atoms with Gasteiger partial charge < -0.3 is 14.8 Å². The van der Waals surface area contributed by atoms with Gasteiger partial charge in [-0.3, -0.25) is 9.10 Å². The normalized spacial score (nSPS) is 12.8. The molecule has 182 valence electrons. The smallest absolute Gasteiger partial charge is 0.260 e. The molecule has 33 heavy (non-hydrogen) atoms. The largest absolute Gasteiger partial charge is 0.492 e. The first-order valence-corrected chi connectivity index (χ1v) is 13.2. The van der Waals surface area contributed by atoms with E-state index in [9.17, 15) is 21.6 Å². The molecular weight excluding hydrogens is 470 g/mol. The Morgan fingerprint density at radius 1 is 0.939 bits per heavy atom. The molecule has 0 aliphatic carbocycles. The quantitative estimate of drug-likeness (QED) is 0.462. The summed E-state index contributed by atoms with van der Waals surface area (Å²) in [5, 5.41) is 2.69.